The highest BCUT2D eigenvalue weighted by Crippen LogP contribution is 2.21. The van der Waals surface area contributed by atoms with Crippen molar-refractivity contribution in [2.45, 2.75) is 26.2 Å². The number of hydrogen-bond donors (Lipinski definition) is 1. The Morgan fingerprint density at radius 2 is 2.16 bits per heavy atom. The van der Waals surface area contributed by atoms with Crippen molar-refractivity contribution in [1.29, 1.82) is 0 Å². The molecule has 3 rings (SSSR count). The van der Waals surface area contributed by atoms with Gasteiger partial charge in [0.25, 0.3) is 0 Å². The maximum atomic E-state index is 12.1. The lowest BCUT2D eigenvalue weighted by atomic mass is 9.93. The van der Waals surface area contributed by atoms with Crippen LogP contribution < -0.4 is 5.32 Å². The second kappa shape index (κ2) is 7.88. The fourth-order valence-electron chi connectivity index (χ4n) is 3.09. The number of rotatable bonds is 5. The topological polar surface area (TPSA) is 71.0 Å². The first kappa shape index (κ1) is 17.1. The van der Waals surface area contributed by atoms with Gasteiger partial charge in [-0.2, -0.15) is 5.10 Å². The zero-order valence-electron chi connectivity index (χ0n) is 14.5. The van der Waals surface area contributed by atoms with Crippen molar-refractivity contribution in [3.8, 4) is 0 Å². The molecule has 1 atom stereocenters. The monoisotopic (exact) mass is 337 g/mol. The molecule has 2 aromatic rings. The number of aromatic nitrogens is 3. The number of nitrogens with one attached hydrogen (secondary N) is 1. The van der Waals surface area contributed by atoms with Gasteiger partial charge in [-0.3, -0.25) is 4.79 Å². The quantitative estimate of drug-likeness (QED) is 0.849. The molecule has 0 spiro atoms. The SMILES string of the molecule is C=C(C)C(=O)N1CCCC(Cc2ccc(Nc3ccccn3)nn2)C1. The second-order valence-electron chi connectivity index (χ2n) is 6.49. The molecule has 0 aromatic carbocycles. The van der Waals surface area contributed by atoms with Crippen LogP contribution in [0.15, 0.2) is 48.7 Å². The number of nitrogens with zero attached hydrogens (tertiary/aromatic N) is 4. The van der Waals surface area contributed by atoms with Gasteiger partial charge in [0.2, 0.25) is 5.91 Å². The third-order valence-electron chi connectivity index (χ3n) is 4.31. The molecule has 1 aliphatic rings. The molecule has 1 fully saturated rings. The van der Waals surface area contributed by atoms with Gasteiger partial charge in [-0.25, -0.2) is 4.98 Å². The molecule has 0 saturated carbocycles. The smallest absolute Gasteiger partial charge is 0.248 e. The zero-order valence-corrected chi connectivity index (χ0v) is 14.5. The van der Waals surface area contributed by atoms with E-state index in [-0.39, 0.29) is 5.91 Å². The van der Waals surface area contributed by atoms with Crippen LogP contribution in [-0.2, 0) is 11.2 Å². The Bertz CT molecular complexity index is 729. The minimum Gasteiger partial charge on any atom is -0.339 e. The Hall–Kier alpha value is -2.76. The van der Waals surface area contributed by atoms with Crippen molar-refractivity contribution >= 4 is 17.5 Å². The first-order chi connectivity index (χ1) is 12.1. The van der Waals surface area contributed by atoms with Crippen molar-refractivity contribution < 1.29 is 4.79 Å². The average molecular weight is 337 g/mol. The van der Waals surface area contributed by atoms with Gasteiger partial charge in [0, 0.05) is 24.9 Å². The van der Waals surface area contributed by atoms with E-state index < -0.39 is 0 Å². The summed E-state index contributed by atoms with van der Waals surface area (Å²) in [5, 5.41) is 11.7. The van der Waals surface area contributed by atoms with Crippen molar-refractivity contribution in [3.63, 3.8) is 0 Å². The molecule has 1 amide bonds. The maximum absolute atomic E-state index is 12.1. The molecular formula is C19H23N5O. The van der Waals surface area contributed by atoms with E-state index in [0.717, 1.165) is 43.9 Å². The summed E-state index contributed by atoms with van der Waals surface area (Å²) in [6.07, 6.45) is 4.69. The van der Waals surface area contributed by atoms with Crippen LogP contribution in [0.4, 0.5) is 11.6 Å². The number of carbonyl (C=O) groups is 1. The number of piperidine rings is 1. The number of hydrogen-bond acceptors (Lipinski definition) is 5. The van der Waals surface area contributed by atoms with Crippen LogP contribution in [0.3, 0.4) is 0 Å². The maximum Gasteiger partial charge on any atom is 0.248 e. The Morgan fingerprint density at radius 1 is 1.28 bits per heavy atom. The molecule has 1 N–H and O–H groups in total. The van der Waals surface area contributed by atoms with Crippen LogP contribution in [0.5, 0.6) is 0 Å². The number of carbonyl (C=O) groups excluding carboxylic acids is 1. The molecule has 130 valence electrons. The van der Waals surface area contributed by atoms with E-state index >= 15 is 0 Å². The molecule has 2 aromatic heterocycles. The molecule has 6 heteroatoms. The molecular weight excluding hydrogens is 314 g/mol. The summed E-state index contributed by atoms with van der Waals surface area (Å²) in [6, 6.07) is 9.56. The normalized spacial score (nSPS) is 17.2. The first-order valence-corrected chi connectivity index (χ1v) is 8.57. The van der Waals surface area contributed by atoms with E-state index in [9.17, 15) is 4.79 Å². The van der Waals surface area contributed by atoms with E-state index in [4.69, 9.17) is 0 Å². The lowest BCUT2D eigenvalue weighted by Crippen LogP contribution is -2.40. The lowest BCUT2D eigenvalue weighted by Gasteiger charge is -2.32. The fourth-order valence-corrected chi connectivity index (χ4v) is 3.09. The number of likely N-dealkylation sites (tertiary alicyclic amines) is 1. The van der Waals surface area contributed by atoms with Crippen LogP contribution in [0, 0.1) is 5.92 Å². The molecule has 1 saturated heterocycles. The zero-order chi connectivity index (χ0) is 17.6. The molecule has 0 bridgehead atoms. The molecule has 1 aliphatic heterocycles. The van der Waals surface area contributed by atoms with Crippen molar-refractivity contribution in [3.05, 3.63) is 54.4 Å². The molecule has 25 heavy (non-hydrogen) atoms. The Morgan fingerprint density at radius 3 is 2.84 bits per heavy atom. The van der Waals surface area contributed by atoms with Gasteiger partial charge in [0.05, 0.1) is 5.69 Å². The van der Waals surface area contributed by atoms with E-state index in [1.54, 1.807) is 13.1 Å². The van der Waals surface area contributed by atoms with E-state index in [0.29, 0.717) is 17.3 Å². The highest BCUT2D eigenvalue weighted by atomic mass is 16.2. The van der Waals surface area contributed by atoms with Crippen molar-refractivity contribution in [1.82, 2.24) is 20.1 Å². The van der Waals surface area contributed by atoms with Crippen molar-refractivity contribution in [2.24, 2.45) is 5.92 Å². The number of amides is 1. The fraction of sp³-hybridized carbons (Fsp3) is 0.368. The second-order valence-corrected chi connectivity index (χ2v) is 6.49. The van der Waals surface area contributed by atoms with Crippen molar-refractivity contribution in [2.75, 3.05) is 18.4 Å². The van der Waals surface area contributed by atoms with Gasteiger partial charge in [0.15, 0.2) is 5.82 Å². The van der Waals surface area contributed by atoms with Gasteiger partial charge in [-0.05, 0) is 56.4 Å². The third kappa shape index (κ3) is 4.62. The standard InChI is InChI=1S/C19H23N5O/c1-14(2)19(25)24-11-5-6-15(13-24)12-16-8-9-18(23-22-16)21-17-7-3-4-10-20-17/h3-4,7-10,15H,1,5-6,11-13H2,2H3,(H,20,21,23). The summed E-state index contributed by atoms with van der Waals surface area (Å²) in [4.78, 5) is 18.2. The predicted molar refractivity (Wildman–Crippen MR) is 97.4 cm³/mol. The summed E-state index contributed by atoms with van der Waals surface area (Å²) >= 11 is 0. The highest BCUT2D eigenvalue weighted by Gasteiger charge is 2.24. The van der Waals surface area contributed by atoms with Gasteiger partial charge < -0.3 is 10.2 Å². The minimum atomic E-state index is 0.0608. The van der Waals surface area contributed by atoms with Crippen LogP contribution in [0.2, 0.25) is 0 Å². The van der Waals surface area contributed by atoms with Crippen LogP contribution >= 0.6 is 0 Å². The number of pyridine rings is 1. The average Bonchev–Trinajstić information content (AvgIpc) is 2.64. The summed E-state index contributed by atoms with van der Waals surface area (Å²) in [5.41, 5.74) is 1.55. The highest BCUT2D eigenvalue weighted by molar-refractivity contribution is 5.92. The molecule has 0 aliphatic carbocycles. The third-order valence-corrected chi connectivity index (χ3v) is 4.31. The Balaban J connectivity index is 1.57. The Kier molecular flexibility index (Phi) is 5.38. The molecule has 6 nitrogen and oxygen atoms in total. The van der Waals surface area contributed by atoms with Crippen LogP contribution in [-0.4, -0.2) is 39.1 Å². The predicted octanol–water partition coefficient (Wildman–Crippen LogP) is 2.97. The summed E-state index contributed by atoms with van der Waals surface area (Å²) in [6.45, 7) is 7.11. The van der Waals surface area contributed by atoms with E-state index in [2.05, 4.69) is 27.1 Å². The Labute approximate surface area is 148 Å². The number of anilines is 2. The lowest BCUT2D eigenvalue weighted by molar-refractivity contribution is -0.128. The largest absolute Gasteiger partial charge is 0.339 e. The van der Waals surface area contributed by atoms with E-state index in [1.165, 1.54) is 0 Å². The minimum absolute atomic E-state index is 0.0608. The molecule has 3 heterocycles. The van der Waals surface area contributed by atoms with E-state index in [1.807, 2.05) is 35.2 Å². The van der Waals surface area contributed by atoms with Gasteiger partial charge in [-0.1, -0.05) is 12.6 Å². The van der Waals surface area contributed by atoms with Crippen LogP contribution in [0.1, 0.15) is 25.5 Å². The van der Waals surface area contributed by atoms with Crippen LogP contribution in [0.25, 0.3) is 0 Å². The first-order valence-electron chi connectivity index (χ1n) is 8.57. The summed E-state index contributed by atoms with van der Waals surface area (Å²) < 4.78 is 0. The molecule has 0 radical (unpaired) electrons. The van der Waals surface area contributed by atoms with Gasteiger partial charge in [-0.15, -0.1) is 5.10 Å². The summed E-state index contributed by atoms with van der Waals surface area (Å²) in [7, 11) is 0. The molecule has 1 unspecified atom stereocenters. The summed E-state index contributed by atoms with van der Waals surface area (Å²) in [5.74, 6) is 1.89. The van der Waals surface area contributed by atoms with Gasteiger partial charge in [0.1, 0.15) is 5.82 Å². The van der Waals surface area contributed by atoms with Gasteiger partial charge >= 0.3 is 0 Å².